The molecular weight excluding hydrogens is 330 g/mol. The van der Waals surface area contributed by atoms with E-state index in [4.69, 9.17) is 4.52 Å². The Labute approximate surface area is 142 Å². The van der Waals surface area contributed by atoms with Crippen LogP contribution in [0.2, 0.25) is 0 Å². The summed E-state index contributed by atoms with van der Waals surface area (Å²) in [7, 11) is -3.31. The van der Waals surface area contributed by atoms with E-state index in [1.54, 1.807) is 0 Å². The summed E-state index contributed by atoms with van der Waals surface area (Å²) in [6.45, 7) is 4.83. The van der Waals surface area contributed by atoms with E-state index in [0.717, 1.165) is 25.7 Å². The third-order valence-corrected chi connectivity index (χ3v) is 5.05. The van der Waals surface area contributed by atoms with Gasteiger partial charge in [0.15, 0.2) is 0 Å². The molecule has 1 atom stereocenters. The fraction of sp³-hybridized carbons (Fsp3) is 1.00. The second kappa shape index (κ2) is 17.0. The Morgan fingerprint density at radius 1 is 0.762 bits per heavy atom. The molecule has 0 spiro atoms. The standard InChI is InChI=1S/C16H35O3P.Ni/c1-3-5-7-9-11-13-15-19-20(17,18)16-14-12-10-8-6-4-2;/h3-16H2,1-2H3,(H,17,18);. The predicted octanol–water partition coefficient (Wildman–Crippen LogP) is 5.91. The van der Waals surface area contributed by atoms with Gasteiger partial charge in [0.05, 0.1) is 6.61 Å². The van der Waals surface area contributed by atoms with E-state index in [1.807, 2.05) is 0 Å². The van der Waals surface area contributed by atoms with Crippen LogP contribution >= 0.6 is 7.60 Å². The van der Waals surface area contributed by atoms with Crippen LogP contribution in [0.25, 0.3) is 0 Å². The molecule has 132 valence electrons. The molecular formula is C16H35NiO3P. The normalized spacial score (nSPS) is 13.7. The molecule has 3 nitrogen and oxygen atoms in total. The Hall–Kier alpha value is 0.644. The van der Waals surface area contributed by atoms with Crippen molar-refractivity contribution >= 4 is 7.60 Å². The molecule has 0 fully saturated rings. The molecule has 1 unspecified atom stereocenters. The first kappa shape index (κ1) is 23.9. The van der Waals surface area contributed by atoms with Crippen molar-refractivity contribution in [1.29, 1.82) is 0 Å². The molecule has 5 heteroatoms. The van der Waals surface area contributed by atoms with Crippen molar-refractivity contribution in [2.45, 2.75) is 90.9 Å². The van der Waals surface area contributed by atoms with Gasteiger partial charge in [-0.15, -0.1) is 0 Å². The van der Waals surface area contributed by atoms with Crippen LogP contribution in [0.4, 0.5) is 0 Å². The monoisotopic (exact) mass is 364 g/mol. The van der Waals surface area contributed by atoms with Gasteiger partial charge in [0, 0.05) is 22.7 Å². The van der Waals surface area contributed by atoms with Crippen LogP contribution in [0.3, 0.4) is 0 Å². The van der Waals surface area contributed by atoms with Crippen molar-refractivity contribution in [3.05, 3.63) is 0 Å². The van der Waals surface area contributed by atoms with E-state index in [0.29, 0.717) is 12.8 Å². The first-order chi connectivity index (χ1) is 9.62. The predicted molar refractivity (Wildman–Crippen MR) is 87.4 cm³/mol. The van der Waals surface area contributed by atoms with Gasteiger partial charge in [-0.05, 0) is 12.8 Å². The van der Waals surface area contributed by atoms with Gasteiger partial charge in [-0.25, -0.2) is 0 Å². The topological polar surface area (TPSA) is 46.5 Å². The van der Waals surface area contributed by atoms with Crippen LogP contribution in [0, 0.1) is 0 Å². The van der Waals surface area contributed by atoms with E-state index < -0.39 is 7.60 Å². The number of hydrogen-bond acceptors (Lipinski definition) is 2. The minimum absolute atomic E-state index is 0. The van der Waals surface area contributed by atoms with Crippen molar-refractivity contribution in [3.63, 3.8) is 0 Å². The average Bonchev–Trinajstić information content (AvgIpc) is 2.41. The maximum atomic E-state index is 11.8. The molecule has 0 aliphatic rings. The Morgan fingerprint density at radius 3 is 1.71 bits per heavy atom. The second-order valence-electron chi connectivity index (χ2n) is 5.73. The Kier molecular flexibility index (Phi) is 19.4. The van der Waals surface area contributed by atoms with Crippen molar-refractivity contribution in [1.82, 2.24) is 0 Å². The zero-order valence-corrected chi connectivity index (χ0v) is 15.8. The summed E-state index contributed by atoms with van der Waals surface area (Å²) in [6.07, 6.45) is 14.1. The molecule has 0 saturated heterocycles. The van der Waals surface area contributed by atoms with Gasteiger partial charge in [-0.1, -0.05) is 78.1 Å². The fourth-order valence-corrected chi connectivity index (χ4v) is 3.41. The molecule has 0 aliphatic carbocycles. The third-order valence-electron chi connectivity index (χ3n) is 3.59. The average molecular weight is 365 g/mol. The molecule has 0 aromatic heterocycles. The molecule has 0 radical (unpaired) electrons. The number of rotatable bonds is 15. The summed E-state index contributed by atoms with van der Waals surface area (Å²) >= 11 is 0. The molecule has 0 aromatic carbocycles. The number of unbranched alkanes of at least 4 members (excludes halogenated alkanes) is 10. The van der Waals surface area contributed by atoms with Gasteiger partial charge >= 0.3 is 7.60 Å². The van der Waals surface area contributed by atoms with Crippen LogP contribution in [0.1, 0.15) is 90.9 Å². The van der Waals surface area contributed by atoms with Crippen LogP contribution in [-0.2, 0) is 25.6 Å². The van der Waals surface area contributed by atoms with Crippen LogP contribution in [0.5, 0.6) is 0 Å². The van der Waals surface area contributed by atoms with Gasteiger partial charge in [0.25, 0.3) is 0 Å². The molecule has 0 heterocycles. The van der Waals surface area contributed by atoms with Crippen LogP contribution in [-0.4, -0.2) is 17.7 Å². The summed E-state index contributed by atoms with van der Waals surface area (Å²) in [5.74, 6) is 0. The van der Waals surface area contributed by atoms with Gasteiger partial charge in [0.1, 0.15) is 0 Å². The van der Waals surface area contributed by atoms with Gasteiger partial charge in [-0.3, -0.25) is 4.57 Å². The van der Waals surface area contributed by atoms with Crippen molar-refractivity contribution in [3.8, 4) is 0 Å². The zero-order valence-electron chi connectivity index (χ0n) is 13.9. The van der Waals surface area contributed by atoms with Crippen LogP contribution < -0.4 is 0 Å². The van der Waals surface area contributed by atoms with Crippen molar-refractivity contribution in [2.24, 2.45) is 0 Å². The minimum atomic E-state index is -3.31. The summed E-state index contributed by atoms with van der Waals surface area (Å²) in [5.41, 5.74) is 0. The quantitative estimate of drug-likeness (QED) is 0.223. The molecule has 0 rings (SSSR count). The van der Waals surface area contributed by atoms with Crippen molar-refractivity contribution < 1.29 is 30.5 Å². The first-order valence-corrected chi connectivity index (χ1v) is 10.3. The molecule has 0 aliphatic heterocycles. The van der Waals surface area contributed by atoms with E-state index in [9.17, 15) is 9.46 Å². The Balaban J connectivity index is 0. The second-order valence-corrected chi connectivity index (χ2v) is 7.71. The van der Waals surface area contributed by atoms with E-state index in [2.05, 4.69) is 13.8 Å². The molecule has 0 bridgehead atoms. The summed E-state index contributed by atoms with van der Waals surface area (Å²) in [4.78, 5) is 9.69. The first-order valence-electron chi connectivity index (χ1n) is 8.58. The Morgan fingerprint density at radius 2 is 1.19 bits per heavy atom. The zero-order chi connectivity index (χ0) is 15.1. The van der Waals surface area contributed by atoms with Crippen LogP contribution in [0.15, 0.2) is 0 Å². The Bertz CT molecular complexity index is 250. The fourth-order valence-electron chi connectivity index (χ4n) is 2.25. The molecule has 1 N–H and O–H groups in total. The van der Waals surface area contributed by atoms with Gasteiger partial charge < -0.3 is 9.42 Å². The van der Waals surface area contributed by atoms with Gasteiger partial charge in [-0.2, -0.15) is 0 Å². The largest absolute Gasteiger partial charge is 0.328 e. The number of hydrogen-bond donors (Lipinski definition) is 1. The van der Waals surface area contributed by atoms with E-state index in [-0.39, 0.29) is 16.5 Å². The molecule has 0 aromatic rings. The maximum Gasteiger partial charge on any atom is 0.328 e. The SMILES string of the molecule is CCCCCCCCOP(=O)(O)CCCCCCCC.[Ni]. The molecule has 0 saturated carbocycles. The van der Waals surface area contributed by atoms with E-state index >= 15 is 0 Å². The van der Waals surface area contributed by atoms with E-state index in [1.165, 1.54) is 51.4 Å². The summed E-state index contributed by atoms with van der Waals surface area (Å²) in [5, 5.41) is 0. The molecule has 0 amide bonds. The van der Waals surface area contributed by atoms with Gasteiger partial charge in [0.2, 0.25) is 0 Å². The third kappa shape index (κ3) is 18.6. The molecule has 21 heavy (non-hydrogen) atoms. The smallest absolute Gasteiger partial charge is 0.324 e. The summed E-state index contributed by atoms with van der Waals surface area (Å²) < 4.78 is 16.9. The maximum absolute atomic E-state index is 11.8. The minimum Gasteiger partial charge on any atom is -0.324 e. The summed E-state index contributed by atoms with van der Waals surface area (Å²) in [6, 6.07) is 0. The van der Waals surface area contributed by atoms with Crippen molar-refractivity contribution in [2.75, 3.05) is 12.8 Å².